The van der Waals surface area contributed by atoms with Gasteiger partial charge in [-0.3, -0.25) is 4.99 Å². The van der Waals surface area contributed by atoms with Gasteiger partial charge in [0.1, 0.15) is 0 Å². The van der Waals surface area contributed by atoms with E-state index in [-0.39, 0.29) is 30.6 Å². The molecule has 1 rings (SSSR count). The molecule has 0 aliphatic carbocycles. The summed E-state index contributed by atoms with van der Waals surface area (Å²) in [7, 11) is 0. The van der Waals surface area contributed by atoms with Crippen molar-refractivity contribution in [3.8, 4) is 0 Å². The largest absolute Gasteiger partial charge is 0.396 e. The smallest absolute Gasteiger partial charge is 0.191 e. The van der Waals surface area contributed by atoms with Gasteiger partial charge >= 0.3 is 0 Å². The molecular formula is C20H43IN4O. The van der Waals surface area contributed by atoms with E-state index >= 15 is 0 Å². The Balaban J connectivity index is 0.00000625. The third-order valence-electron chi connectivity index (χ3n) is 4.98. The van der Waals surface area contributed by atoms with E-state index in [9.17, 15) is 0 Å². The van der Waals surface area contributed by atoms with Crippen molar-refractivity contribution in [1.29, 1.82) is 0 Å². The van der Waals surface area contributed by atoms with Crippen LogP contribution in [0.1, 0.15) is 71.6 Å². The maximum atomic E-state index is 9.17. The molecule has 0 aromatic heterocycles. The predicted octanol–water partition coefficient (Wildman–Crippen LogP) is 3.61. The number of nitrogens with one attached hydrogen (secondary N) is 2. The minimum Gasteiger partial charge on any atom is -0.396 e. The lowest BCUT2D eigenvalue weighted by molar-refractivity contribution is 0.224. The van der Waals surface area contributed by atoms with Crippen LogP contribution in [0.2, 0.25) is 0 Å². The number of nitrogens with zero attached hydrogens (tertiary/aromatic N) is 2. The van der Waals surface area contributed by atoms with Crippen molar-refractivity contribution in [1.82, 2.24) is 15.5 Å². The molecule has 5 nitrogen and oxygen atoms in total. The first-order chi connectivity index (χ1) is 12.3. The number of aliphatic imine (C=N–C) groups is 1. The second-order valence-corrected chi connectivity index (χ2v) is 7.28. The zero-order chi connectivity index (χ0) is 18.2. The summed E-state index contributed by atoms with van der Waals surface area (Å²) >= 11 is 0. The zero-order valence-corrected chi connectivity index (χ0v) is 19.5. The summed E-state index contributed by atoms with van der Waals surface area (Å²) in [4.78, 5) is 7.34. The van der Waals surface area contributed by atoms with Crippen molar-refractivity contribution in [2.24, 2.45) is 10.9 Å². The Bertz CT molecular complexity index is 330. The quantitative estimate of drug-likeness (QED) is 0.163. The highest BCUT2D eigenvalue weighted by Gasteiger charge is 2.09. The van der Waals surface area contributed by atoms with E-state index in [2.05, 4.69) is 29.4 Å². The van der Waals surface area contributed by atoms with Crippen LogP contribution in [0.15, 0.2) is 4.99 Å². The highest BCUT2D eigenvalue weighted by atomic mass is 127. The Kier molecular flexibility index (Phi) is 18.2. The topological polar surface area (TPSA) is 59.9 Å². The monoisotopic (exact) mass is 482 g/mol. The van der Waals surface area contributed by atoms with Crippen LogP contribution < -0.4 is 10.6 Å². The summed E-state index contributed by atoms with van der Waals surface area (Å²) in [5, 5.41) is 16.0. The van der Waals surface area contributed by atoms with Crippen molar-refractivity contribution >= 4 is 29.9 Å². The average Bonchev–Trinajstić information content (AvgIpc) is 2.63. The fourth-order valence-electron chi connectivity index (χ4n) is 3.51. The molecule has 0 spiro atoms. The Hall–Kier alpha value is -0.0800. The highest BCUT2D eigenvalue weighted by Crippen LogP contribution is 2.11. The minimum atomic E-state index is 0. The first kappa shape index (κ1) is 25.9. The zero-order valence-electron chi connectivity index (χ0n) is 17.1. The molecule has 0 amide bonds. The molecule has 6 heteroatoms. The summed E-state index contributed by atoms with van der Waals surface area (Å²) in [6.45, 7) is 11.1. The van der Waals surface area contributed by atoms with Gasteiger partial charge < -0.3 is 20.6 Å². The predicted molar refractivity (Wildman–Crippen MR) is 124 cm³/mol. The molecule has 0 aromatic carbocycles. The van der Waals surface area contributed by atoms with E-state index in [1.165, 1.54) is 58.2 Å². The number of piperidine rings is 1. The number of aliphatic hydroxyl groups is 1. The fourth-order valence-corrected chi connectivity index (χ4v) is 3.51. The number of likely N-dealkylation sites (tertiary alicyclic amines) is 1. The Labute approximate surface area is 178 Å². The Morgan fingerprint density at radius 3 is 2.46 bits per heavy atom. The van der Waals surface area contributed by atoms with Gasteiger partial charge in [0.05, 0.1) is 0 Å². The number of halogens is 1. The van der Waals surface area contributed by atoms with E-state index in [0.29, 0.717) is 5.92 Å². The molecule has 26 heavy (non-hydrogen) atoms. The van der Waals surface area contributed by atoms with Crippen LogP contribution in [0.3, 0.4) is 0 Å². The first-order valence-corrected chi connectivity index (χ1v) is 10.7. The number of guanidine groups is 1. The van der Waals surface area contributed by atoms with Gasteiger partial charge in [-0.25, -0.2) is 0 Å². The molecule has 1 atom stereocenters. The van der Waals surface area contributed by atoms with Crippen LogP contribution in [0.4, 0.5) is 0 Å². The van der Waals surface area contributed by atoms with Crippen LogP contribution in [-0.2, 0) is 0 Å². The lowest BCUT2D eigenvalue weighted by atomic mass is 10.0. The van der Waals surface area contributed by atoms with Crippen molar-refractivity contribution in [3.05, 3.63) is 0 Å². The summed E-state index contributed by atoms with van der Waals surface area (Å²) in [6.07, 6.45) is 11.1. The molecule has 1 fully saturated rings. The third kappa shape index (κ3) is 13.1. The summed E-state index contributed by atoms with van der Waals surface area (Å²) in [6, 6.07) is 0. The van der Waals surface area contributed by atoms with Crippen LogP contribution in [0.5, 0.6) is 0 Å². The van der Waals surface area contributed by atoms with Crippen LogP contribution >= 0.6 is 24.0 Å². The summed E-state index contributed by atoms with van der Waals surface area (Å²) < 4.78 is 0. The first-order valence-electron chi connectivity index (χ1n) is 10.7. The van der Waals surface area contributed by atoms with Crippen LogP contribution in [0, 0.1) is 5.92 Å². The molecule has 0 aromatic rings. The fraction of sp³-hybridized carbons (Fsp3) is 0.950. The molecule has 3 N–H and O–H groups in total. The van der Waals surface area contributed by atoms with Crippen molar-refractivity contribution in [2.45, 2.75) is 71.6 Å². The van der Waals surface area contributed by atoms with E-state index in [4.69, 9.17) is 10.1 Å². The second-order valence-electron chi connectivity index (χ2n) is 7.28. The summed E-state index contributed by atoms with van der Waals surface area (Å²) in [5.41, 5.74) is 0. The molecule has 156 valence electrons. The lowest BCUT2D eigenvalue weighted by Gasteiger charge is -2.26. The van der Waals surface area contributed by atoms with Gasteiger partial charge in [0.25, 0.3) is 0 Å². The van der Waals surface area contributed by atoms with Gasteiger partial charge in [0.15, 0.2) is 5.96 Å². The Morgan fingerprint density at radius 2 is 1.81 bits per heavy atom. The molecule has 1 unspecified atom stereocenters. The molecule has 0 saturated carbocycles. The van der Waals surface area contributed by atoms with Gasteiger partial charge in [-0.05, 0) is 71.0 Å². The van der Waals surface area contributed by atoms with Gasteiger partial charge in [0, 0.05) is 26.2 Å². The molecular weight excluding hydrogens is 439 g/mol. The van der Waals surface area contributed by atoms with Crippen molar-refractivity contribution < 1.29 is 5.11 Å². The van der Waals surface area contributed by atoms with E-state index in [1.54, 1.807) is 0 Å². The SMILES string of the molecule is CCCC(CCO)CN=C(NCC)NCCCCCN1CCCCC1.I. The molecule has 1 aliphatic heterocycles. The average molecular weight is 482 g/mol. The number of rotatable bonds is 13. The van der Waals surface area contributed by atoms with Gasteiger partial charge in [-0.15, -0.1) is 24.0 Å². The van der Waals surface area contributed by atoms with Crippen molar-refractivity contribution in [3.63, 3.8) is 0 Å². The maximum absolute atomic E-state index is 9.17. The van der Waals surface area contributed by atoms with Gasteiger partial charge in [-0.2, -0.15) is 0 Å². The lowest BCUT2D eigenvalue weighted by Crippen LogP contribution is -2.38. The highest BCUT2D eigenvalue weighted by molar-refractivity contribution is 14.0. The maximum Gasteiger partial charge on any atom is 0.191 e. The molecule has 0 radical (unpaired) electrons. The number of aliphatic hydroxyl groups excluding tert-OH is 1. The summed E-state index contributed by atoms with van der Waals surface area (Å²) in [5.74, 6) is 1.42. The molecule has 1 aliphatic rings. The van der Waals surface area contributed by atoms with Crippen LogP contribution in [0.25, 0.3) is 0 Å². The van der Waals surface area contributed by atoms with E-state index in [1.807, 2.05) is 0 Å². The molecule has 0 bridgehead atoms. The standard InChI is InChI=1S/C20H42N4O.HI/c1-3-11-19(12-17-25)18-23-20(21-4-2)22-13-7-5-8-14-24-15-9-6-10-16-24;/h19,25H,3-18H2,1-2H3,(H2,21,22,23);1H. The minimum absolute atomic E-state index is 0. The third-order valence-corrected chi connectivity index (χ3v) is 4.98. The van der Waals surface area contributed by atoms with Crippen LogP contribution in [-0.4, -0.2) is 61.8 Å². The number of hydrogen-bond donors (Lipinski definition) is 3. The normalized spacial score (nSPS) is 16.8. The number of unbranched alkanes of at least 4 members (excludes halogenated alkanes) is 2. The van der Waals surface area contributed by atoms with Gasteiger partial charge in [-0.1, -0.05) is 26.2 Å². The number of hydrogen-bond acceptors (Lipinski definition) is 3. The molecule has 1 saturated heterocycles. The second kappa shape index (κ2) is 18.3. The van der Waals surface area contributed by atoms with Crippen molar-refractivity contribution in [2.75, 3.05) is 45.9 Å². The van der Waals surface area contributed by atoms with E-state index in [0.717, 1.165) is 44.9 Å². The van der Waals surface area contributed by atoms with Gasteiger partial charge in [0.2, 0.25) is 0 Å². The Morgan fingerprint density at radius 1 is 1.04 bits per heavy atom. The molecule has 1 heterocycles. The van der Waals surface area contributed by atoms with E-state index < -0.39 is 0 Å².